The third kappa shape index (κ3) is 2.13. The Morgan fingerprint density at radius 1 is 1.69 bits per heavy atom. The van der Waals surface area contributed by atoms with E-state index in [9.17, 15) is 0 Å². The number of thiazole rings is 1. The van der Waals surface area contributed by atoms with E-state index in [4.69, 9.17) is 16.9 Å². The van der Waals surface area contributed by atoms with Gasteiger partial charge in [0.2, 0.25) is 0 Å². The van der Waals surface area contributed by atoms with Crippen molar-refractivity contribution < 1.29 is 0 Å². The monoisotopic (exact) mass is 254 g/mol. The second-order valence-corrected chi connectivity index (χ2v) is 4.32. The zero-order valence-corrected chi connectivity index (χ0v) is 9.88. The Morgan fingerprint density at radius 3 is 3.06 bits per heavy atom. The fraction of sp³-hybridized carbons (Fsp3) is 0.250. The molecule has 0 aliphatic rings. The Hall–Kier alpha value is -1.65. The van der Waals surface area contributed by atoms with Crippen molar-refractivity contribution in [3.05, 3.63) is 22.2 Å². The van der Waals surface area contributed by atoms with E-state index in [1.807, 2.05) is 13.1 Å². The first-order valence-electron chi connectivity index (χ1n) is 4.34. The SMILES string of the molecule is Cn1cnnc1CNc1nc(Cl)c(C#N)s1. The zero-order valence-electron chi connectivity index (χ0n) is 8.31. The molecule has 0 unspecified atom stereocenters. The minimum absolute atomic E-state index is 0.230. The van der Waals surface area contributed by atoms with Gasteiger partial charge in [0, 0.05) is 7.05 Å². The fourth-order valence-electron chi connectivity index (χ4n) is 1.07. The van der Waals surface area contributed by atoms with Crippen molar-refractivity contribution in [2.24, 2.45) is 7.05 Å². The van der Waals surface area contributed by atoms with Crippen molar-refractivity contribution in [2.75, 3.05) is 5.32 Å². The molecule has 0 radical (unpaired) electrons. The maximum Gasteiger partial charge on any atom is 0.185 e. The number of halogens is 1. The smallest absolute Gasteiger partial charge is 0.185 e. The van der Waals surface area contributed by atoms with Crippen molar-refractivity contribution in [1.82, 2.24) is 19.7 Å². The van der Waals surface area contributed by atoms with Gasteiger partial charge in [-0.15, -0.1) is 10.2 Å². The van der Waals surface area contributed by atoms with Gasteiger partial charge in [-0.3, -0.25) is 0 Å². The van der Waals surface area contributed by atoms with Gasteiger partial charge in [0.25, 0.3) is 0 Å². The summed E-state index contributed by atoms with van der Waals surface area (Å²) in [6.45, 7) is 0.491. The molecule has 0 fully saturated rings. The van der Waals surface area contributed by atoms with Gasteiger partial charge < -0.3 is 9.88 Å². The second kappa shape index (κ2) is 4.47. The van der Waals surface area contributed by atoms with Crippen LogP contribution in [0.5, 0.6) is 0 Å². The summed E-state index contributed by atoms with van der Waals surface area (Å²) in [7, 11) is 1.85. The lowest BCUT2D eigenvalue weighted by Gasteiger charge is -2.00. The lowest BCUT2D eigenvalue weighted by molar-refractivity contribution is 0.812. The molecule has 2 rings (SSSR count). The Kier molecular flexibility index (Phi) is 3.03. The van der Waals surface area contributed by atoms with Crippen LogP contribution in [0, 0.1) is 11.3 Å². The molecule has 16 heavy (non-hydrogen) atoms. The maximum absolute atomic E-state index is 8.71. The van der Waals surface area contributed by atoms with E-state index in [1.165, 1.54) is 11.3 Å². The molecular formula is C8H7ClN6S. The number of nitriles is 1. The largest absolute Gasteiger partial charge is 0.354 e. The van der Waals surface area contributed by atoms with Crippen molar-refractivity contribution >= 4 is 28.1 Å². The number of rotatable bonds is 3. The topological polar surface area (TPSA) is 79.4 Å². The van der Waals surface area contributed by atoms with Gasteiger partial charge in [-0.25, -0.2) is 4.98 Å². The first-order chi connectivity index (χ1) is 7.70. The quantitative estimate of drug-likeness (QED) is 0.896. The molecule has 0 amide bonds. The van der Waals surface area contributed by atoms with Crippen molar-refractivity contribution in [3.63, 3.8) is 0 Å². The van der Waals surface area contributed by atoms with Gasteiger partial charge in [-0.2, -0.15) is 5.26 Å². The summed E-state index contributed by atoms with van der Waals surface area (Å²) in [6.07, 6.45) is 1.62. The Bertz CT molecular complexity index is 539. The molecule has 0 aliphatic heterocycles. The normalized spacial score (nSPS) is 10.1. The highest BCUT2D eigenvalue weighted by molar-refractivity contribution is 7.16. The Morgan fingerprint density at radius 2 is 2.50 bits per heavy atom. The molecule has 0 bridgehead atoms. The lowest BCUT2D eigenvalue weighted by atomic mass is 10.6. The van der Waals surface area contributed by atoms with Crippen LogP contribution in [-0.2, 0) is 13.6 Å². The van der Waals surface area contributed by atoms with Gasteiger partial charge in [0.15, 0.2) is 16.1 Å². The number of hydrogen-bond donors (Lipinski definition) is 1. The summed E-state index contributed by atoms with van der Waals surface area (Å²) in [5.74, 6) is 0.782. The summed E-state index contributed by atoms with van der Waals surface area (Å²) in [5.41, 5.74) is 0. The first kappa shape index (κ1) is 10.9. The summed E-state index contributed by atoms with van der Waals surface area (Å²) in [4.78, 5) is 4.41. The van der Waals surface area contributed by atoms with Gasteiger partial charge in [0.1, 0.15) is 17.3 Å². The second-order valence-electron chi connectivity index (χ2n) is 2.96. The maximum atomic E-state index is 8.71. The molecule has 2 aromatic heterocycles. The number of anilines is 1. The Labute approximate surface area is 101 Å². The molecule has 0 aliphatic carbocycles. The van der Waals surface area contributed by atoms with E-state index in [0.717, 1.165) is 5.82 Å². The minimum atomic E-state index is 0.230. The highest BCUT2D eigenvalue weighted by Gasteiger charge is 2.09. The van der Waals surface area contributed by atoms with Crippen LogP contribution < -0.4 is 5.32 Å². The molecule has 1 N–H and O–H groups in total. The molecular weight excluding hydrogens is 248 g/mol. The van der Waals surface area contributed by atoms with Gasteiger partial charge >= 0.3 is 0 Å². The van der Waals surface area contributed by atoms with Crippen molar-refractivity contribution in [1.29, 1.82) is 5.26 Å². The molecule has 82 valence electrons. The predicted octanol–water partition coefficient (Wildman–Crippen LogP) is 1.41. The van der Waals surface area contributed by atoms with Gasteiger partial charge in [-0.05, 0) is 0 Å². The number of nitrogens with one attached hydrogen (secondary N) is 1. The number of hydrogen-bond acceptors (Lipinski definition) is 6. The zero-order chi connectivity index (χ0) is 11.5. The average molecular weight is 255 g/mol. The van der Waals surface area contributed by atoms with E-state index in [-0.39, 0.29) is 5.15 Å². The van der Waals surface area contributed by atoms with E-state index in [1.54, 1.807) is 10.9 Å². The predicted molar refractivity (Wildman–Crippen MR) is 60.2 cm³/mol. The summed E-state index contributed by atoms with van der Waals surface area (Å²) in [6, 6.07) is 1.97. The highest BCUT2D eigenvalue weighted by Crippen LogP contribution is 2.25. The van der Waals surface area contributed by atoms with Crippen LogP contribution in [0.15, 0.2) is 6.33 Å². The third-order valence-corrected chi connectivity index (χ3v) is 3.19. The average Bonchev–Trinajstić information content (AvgIpc) is 2.82. The molecule has 2 aromatic rings. The van der Waals surface area contributed by atoms with Gasteiger partial charge in [0.05, 0.1) is 6.54 Å². The summed E-state index contributed by atoms with van der Waals surface area (Å²) < 4.78 is 1.80. The van der Waals surface area contributed by atoms with E-state index in [0.29, 0.717) is 16.6 Å². The molecule has 0 aromatic carbocycles. The van der Waals surface area contributed by atoms with Crippen molar-refractivity contribution in [2.45, 2.75) is 6.54 Å². The molecule has 2 heterocycles. The first-order valence-corrected chi connectivity index (χ1v) is 5.53. The number of nitrogens with zero attached hydrogens (tertiary/aromatic N) is 5. The van der Waals surface area contributed by atoms with Crippen LogP contribution in [0.4, 0.5) is 5.13 Å². The molecule has 0 spiro atoms. The fourth-order valence-corrected chi connectivity index (χ4v) is 2.01. The van der Waals surface area contributed by atoms with E-state index >= 15 is 0 Å². The minimum Gasteiger partial charge on any atom is -0.354 e. The molecule has 0 atom stereocenters. The molecule has 8 heteroatoms. The van der Waals surface area contributed by atoms with Crippen molar-refractivity contribution in [3.8, 4) is 6.07 Å². The van der Waals surface area contributed by atoms with Crippen LogP contribution in [-0.4, -0.2) is 19.7 Å². The van der Waals surface area contributed by atoms with Gasteiger partial charge in [-0.1, -0.05) is 22.9 Å². The molecule has 0 saturated heterocycles. The summed E-state index contributed by atoms with van der Waals surface area (Å²) >= 11 is 6.96. The highest BCUT2D eigenvalue weighted by atomic mass is 35.5. The standard InChI is InChI=1S/C8H7ClN6S/c1-15-4-12-14-6(15)3-11-8-13-7(9)5(2-10)16-8/h4H,3H2,1H3,(H,11,13). The lowest BCUT2D eigenvalue weighted by Crippen LogP contribution is -2.05. The third-order valence-electron chi connectivity index (χ3n) is 1.89. The number of aromatic nitrogens is 4. The van der Waals surface area contributed by atoms with E-state index in [2.05, 4.69) is 20.5 Å². The van der Waals surface area contributed by atoms with Crippen LogP contribution in [0.25, 0.3) is 0 Å². The van der Waals surface area contributed by atoms with Crippen LogP contribution in [0.1, 0.15) is 10.7 Å². The Balaban J connectivity index is 2.06. The van der Waals surface area contributed by atoms with Crippen LogP contribution in [0.3, 0.4) is 0 Å². The molecule has 6 nitrogen and oxygen atoms in total. The van der Waals surface area contributed by atoms with E-state index < -0.39 is 0 Å². The number of aryl methyl sites for hydroxylation is 1. The summed E-state index contributed by atoms with van der Waals surface area (Å²) in [5, 5.41) is 20.2. The van der Waals surface area contributed by atoms with Crippen LogP contribution in [0.2, 0.25) is 5.15 Å². The molecule has 0 saturated carbocycles. The van der Waals surface area contributed by atoms with Crippen LogP contribution >= 0.6 is 22.9 Å².